The summed E-state index contributed by atoms with van der Waals surface area (Å²) >= 11 is 0. The molecule has 0 fully saturated rings. The maximum Gasteiger partial charge on any atom is 0.305 e. The second-order valence-electron chi connectivity index (χ2n) is 3.88. The molecular weight excluding hydrogens is 218 g/mol. The Hall–Kier alpha value is -1.55. The molecule has 0 saturated heterocycles. The number of nitrogens with zero attached hydrogens (tertiary/aromatic N) is 1. The Morgan fingerprint density at radius 3 is 2.53 bits per heavy atom. The Labute approximate surface area is 102 Å². The maximum atomic E-state index is 10.3. The third kappa shape index (κ3) is 4.87. The van der Waals surface area contributed by atoms with E-state index in [1.54, 1.807) is 0 Å². The summed E-state index contributed by atoms with van der Waals surface area (Å²) in [5.41, 5.74) is 2.23. The van der Waals surface area contributed by atoms with Crippen LogP contribution in [0.25, 0.3) is 0 Å². The van der Waals surface area contributed by atoms with E-state index in [0.29, 0.717) is 6.61 Å². The molecule has 0 aliphatic heterocycles. The van der Waals surface area contributed by atoms with E-state index in [1.807, 2.05) is 31.3 Å². The third-order valence-electron chi connectivity index (χ3n) is 2.58. The zero-order valence-corrected chi connectivity index (χ0v) is 10.3. The molecule has 17 heavy (non-hydrogen) atoms. The number of hydrogen-bond acceptors (Lipinski definition) is 3. The lowest BCUT2D eigenvalue weighted by Gasteiger charge is -2.16. The van der Waals surface area contributed by atoms with Gasteiger partial charge in [0.05, 0.1) is 19.6 Å². The Kier molecular flexibility index (Phi) is 5.49. The first kappa shape index (κ1) is 13.5. The first-order valence-electron chi connectivity index (χ1n) is 5.73. The van der Waals surface area contributed by atoms with Gasteiger partial charge in [0, 0.05) is 19.3 Å². The molecule has 0 aliphatic carbocycles. The van der Waals surface area contributed by atoms with Crippen LogP contribution in [0.4, 0.5) is 5.69 Å². The summed E-state index contributed by atoms with van der Waals surface area (Å²) in [7, 11) is 2.04. The number of carboxylic acid groups (broad SMARTS) is 1. The molecule has 1 aromatic carbocycles. The molecule has 4 nitrogen and oxygen atoms in total. The Morgan fingerprint density at radius 2 is 2.00 bits per heavy atom. The van der Waals surface area contributed by atoms with E-state index >= 15 is 0 Å². The van der Waals surface area contributed by atoms with Crippen LogP contribution < -0.4 is 4.90 Å². The fourth-order valence-corrected chi connectivity index (χ4v) is 1.38. The SMILES string of the molecule is CCN(C)c1ccc(COCCC(=O)O)cc1. The molecule has 4 heteroatoms. The van der Waals surface area contributed by atoms with Crippen LogP contribution in [0, 0.1) is 0 Å². The van der Waals surface area contributed by atoms with Crippen LogP contribution in [-0.4, -0.2) is 31.3 Å². The van der Waals surface area contributed by atoms with Gasteiger partial charge in [-0.1, -0.05) is 12.1 Å². The first-order valence-corrected chi connectivity index (χ1v) is 5.73. The highest BCUT2D eigenvalue weighted by Crippen LogP contribution is 2.13. The molecule has 0 radical (unpaired) electrons. The van der Waals surface area contributed by atoms with Crippen molar-refractivity contribution in [3.8, 4) is 0 Å². The highest BCUT2D eigenvalue weighted by molar-refractivity contribution is 5.66. The zero-order valence-electron chi connectivity index (χ0n) is 10.3. The van der Waals surface area contributed by atoms with Crippen molar-refractivity contribution in [1.82, 2.24) is 0 Å². The quantitative estimate of drug-likeness (QED) is 0.738. The van der Waals surface area contributed by atoms with Gasteiger partial charge in [0.15, 0.2) is 0 Å². The Balaban J connectivity index is 2.38. The van der Waals surface area contributed by atoms with E-state index in [1.165, 1.54) is 5.69 Å². The smallest absolute Gasteiger partial charge is 0.305 e. The minimum absolute atomic E-state index is 0.0522. The zero-order chi connectivity index (χ0) is 12.7. The summed E-state index contributed by atoms with van der Waals surface area (Å²) in [4.78, 5) is 12.4. The van der Waals surface area contributed by atoms with Gasteiger partial charge in [0.2, 0.25) is 0 Å². The number of carbonyl (C=O) groups is 1. The average Bonchev–Trinajstić information content (AvgIpc) is 2.34. The van der Waals surface area contributed by atoms with Gasteiger partial charge in [-0.15, -0.1) is 0 Å². The monoisotopic (exact) mass is 237 g/mol. The second kappa shape index (κ2) is 6.91. The van der Waals surface area contributed by atoms with E-state index in [4.69, 9.17) is 9.84 Å². The van der Waals surface area contributed by atoms with Crippen LogP contribution in [0.15, 0.2) is 24.3 Å². The van der Waals surface area contributed by atoms with Gasteiger partial charge >= 0.3 is 5.97 Å². The predicted molar refractivity (Wildman–Crippen MR) is 67.3 cm³/mol. The normalized spacial score (nSPS) is 10.2. The molecule has 0 saturated carbocycles. The number of rotatable bonds is 7. The highest BCUT2D eigenvalue weighted by Gasteiger charge is 2.00. The first-order chi connectivity index (χ1) is 8.13. The van der Waals surface area contributed by atoms with E-state index in [0.717, 1.165) is 12.1 Å². The molecule has 1 rings (SSSR count). The lowest BCUT2D eigenvalue weighted by molar-refractivity contribution is -0.138. The van der Waals surface area contributed by atoms with Gasteiger partial charge in [-0.3, -0.25) is 4.79 Å². The van der Waals surface area contributed by atoms with E-state index in [9.17, 15) is 4.79 Å². The molecule has 0 bridgehead atoms. The highest BCUT2D eigenvalue weighted by atomic mass is 16.5. The number of ether oxygens (including phenoxy) is 1. The van der Waals surface area contributed by atoms with Crippen LogP contribution in [0.1, 0.15) is 18.9 Å². The van der Waals surface area contributed by atoms with Crippen molar-refractivity contribution in [3.63, 3.8) is 0 Å². The molecule has 0 aromatic heterocycles. The Morgan fingerprint density at radius 1 is 1.35 bits per heavy atom. The molecule has 0 atom stereocenters. The van der Waals surface area contributed by atoms with E-state index in [2.05, 4.69) is 11.8 Å². The van der Waals surface area contributed by atoms with Gasteiger partial charge in [-0.05, 0) is 24.6 Å². The van der Waals surface area contributed by atoms with Gasteiger partial charge in [0.1, 0.15) is 0 Å². The molecule has 1 aromatic rings. The largest absolute Gasteiger partial charge is 0.481 e. The van der Waals surface area contributed by atoms with Crippen LogP contribution in [-0.2, 0) is 16.1 Å². The number of anilines is 1. The maximum absolute atomic E-state index is 10.3. The van der Waals surface area contributed by atoms with E-state index < -0.39 is 5.97 Å². The third-order valence-corrected chi connectivity index (χ3v) is 2.58. The summed E-state index contributed by atoms with van der Waals surface area (Å²) in [6.07, 6.45) is 0.0522. The van der Waals surface area contributed by atoms with Crippen molar-refractivity contribution in [3.05, 3.63) is 29.8 Å². The molecule has 94 valence electrons. The molecule has 0 spiro atoms. The number of hydrogen-bond donors (Lipinski definition) is 1. The topological polar surface area (TPSA) is 49.8 Å². The van der Waals surface area contributed by atoms with Gasteiger partial charge in [-0.25, -0.2) is 0 Å². The van der Waals surface area contributed by atoms with E-state index in [-0.39, 0.29) is 13.0 Å². The fourth-order valence-electron chi connectivity index (χ4n) is 1.38. The average molecular weight is 237 g/mol. The van der Waals surface area contributed by atoms with Crippen molar-refractivity contribution in [1.29, 1.82) is 0 Å². The minimum Gasteiger partial charge on any atom is -0.481 e. The lowest BCUT2D eigenvalue weighted by atomic mass is 10.2. The molecule has 0 amide bonds. The fraction of sp³-hybridized carbons (Fsp3) is 0.462. The second-order valence-corrected chi connectivity index (χ2v) is 3.88. The summed E-state index contributed by atoms with van der Waals surface area (Å²) in [5.74, 6) is -0.829. The van der Waals surface area contributed by atoms with Crippen molar-refractivity contribution >= 4 is 11.7 Å². The number of carboxylic acids is 1. The minimum atomic E-state index is -0.829. The van der Waals surface area contributed by atoms with Crippen LogP contribution >= 0.6 is 0 Å². The molecule has 0 heterocycles. The molecule has 0 unspecified atom stereocenters. The van der Waals surface area contributed by atoms with Crippen molar-refractivity contribution in [2.24, 2.45) is 0 Å². The number of aliphatic carboxylic acids is 1. The summed E-state index contributed by atoms with van der Waals surface area (Å²) in [6, 6.07) is 8.09. The lowest BCUT2D eigenvalue weighted by Crippen LogP contribution is -2.15. The molecule has 0 aliphatic rings. The van der Waals surface area contributed by atoms with Gasteiger partial charge in [-0.2, -0.15) is 0 Å². The predicted octanol–water partition coefficient (Wildman–Crippen LogP) is 2.13. The van der Waals surface area contributed by atoms with Crippen molar-refractivity contribution in [2.45, 2.75) is 20.0 Å². The van der Waals surface area contributed by atoms with Crippen LogP contribution in [0.5, 0.6) is 0 Å². The standard InChI is InChI=1S/C13H19NO3/c1-3-14(2)12-6-4-11(5-7-12)10-17-9-8-13(15)16/h4-7H,3,8-10H2,1-2H3,(H,15,16). The van der Waals surface area contributed by atoms with Crippen LogP contribution in [0.2, 0.25) is 0 Å². The number of benzene rings is 1. The summed E-state index contributed by atoms with van der Waals surface area (Å²) in [5, 5.41) is 8.45. The molecule has 1 N–H and O–H groups in total. The summed E-state index contributed by atoms with van der Waals surface area (Å²) in [6.45, 7) is 3.78. The van der Waals surface area contributed by atoms with Gasteiger partial charge < -0.3 is 14.7 Å². The molecular formula is C13H19NO3. The van der Waals surface area contributed by atoms with Crippen molar-refractivity contribution in [2.75, 3.05) is 25.1 Å². The van der Waals surface area contributed by atoms with Gasteiger partial charge in [0.25, 0.3) is 0 Å². The van der Waals surface area contributed by atoms with Crippen LogP contribution in [0.3, 0.4) is 0 Å². The Bertz CT molecular complexity index is 348. The van der Waals surface area contributed by atoms with Crippen molar-refractivity contribution < 1.29 is 14.6 Å². The summed E-state index contributed by atoms with van der Waals surface area (Å²) < 4.78 is 5.26.